The third-order valence-electron chi connectivity index (χ3n) is 1.77. The van der Waals surface area contributed by atoms with E-state index in [0.717, 1.165) is 10.0 Å². The van der Waals surface area contributed by atoms with Crippen molar-refractivity contribution in [1.29, 1.82) is 0 Å². The Kier molecular flexibility index (Phi) is 3.88. The summed E-state index contributed by atoms with van der Waals surface area (Å²) in [6, 6.07) is 4.78. The summed E-state index contributed by atoms with van der Waals surface area (Å²) < 4.78 is 13.6. The minimum Gasteiger partial charge on any atom is -0.393 e. The summed E-state index contributed by atoms with van der Waals surface area (Å²) in [4.78, 5) is 0. The average molecular weight is 247 g/mol. The predicted octanol–water partition coefficient (Wildman–Crippen LogP) is 2.90. The van der Waals surface area contributed by atoms with E-state index < -0.39 is 0 Å². The molecule has 1 rings (SSSR count). The molecule has 1 N–H and O–H groups in total. The summed E-state index contributed by atoms with van der Waals surface area (Å²) in [5, 5.41) is 9.05. The van der Waals surface area contributed by atoms with Crippen molar-refractivity contribution in [2.45, 2.75) is 25.9 Å². The zero-order valence-electron chi connectivity index (χ0n) is 7.43. The van der Waals surface area contributed by atoms with Crippen LogP contribution in [0.15, 0.2) is 22.7 Å². The number of aliphatic hydroxyl groups is 1. The van der Waals surface area contributed by atoms with Crippen LogP contribution in [0.25, 0.3) is 0 Å². The fourth-order valence-corrected chi connectivity index (χ4v) is 1.64. The van der Waals surface area contributed by atoms with Gasteiger partial charge in [-0.15, -0.1) is 0 Å². The van der Waals surface area contributed by atoms with Gasteiger partial charge in [0, 0.05) is 4.47 Å². The van der Waals surface area contributed by atoms with Crippen LogP contribution in [0.4, 0.5) is 4.39 Å². The van der Waals surface area contributed by atoms with Gasteiger partial charge in [0.25, 0.3) is 0 Å². The Hall–Kier alpha value is -0.410. The highest BCUT2D eigenvalue weighted by atomic mass is 79.9. The Labute approximate surface area is 85.7 Å². The van der Waals surface area contributed by atoms with Crippen LogP contribution in [0.5, 0.6) is 0 Å². The second kappa shape index (κ2) is 4.72. The van der Waals surface area contributed by atoms with Gasteiger partial charge in [-0.3, -0.25) is 0 Å². The number of aryl methyl sites for hydroxylation is 1. The van der Waals surface area contributed by atoms with Crippen molar-refractivity contribution in [1.82, 2.24) is 0 Å². The predicted molar refractivity (Wildman–Crippen MR) is 54.1 cm³/mol. The van der Waals surface area contributed by atoms with E-state index in [9.17, 15) is 4.39 Å². The summed E-state index contributed by atoms with van der Waals surface area (Å²) in [7, 11) is 0. The molecular formula is C10H12BrFO. The second-order valence-corrected chi connectivity index (χ2v) is 4.08. The van der Waals surface area contributed by atoms with Crippen molar-refractivity contribution in [2.24, 2.45) is 0 Å². The first-order chi connectivity index (χ1) is 6.08. The van der Waals surface area contributed by atoms with Crippen LogP contribution in [-0.2, 0) is 6.42 Å². The Balaban J connectivity index is 2.66. The van der Waals surface area contributed by atoms with E-state index in [4.69, 9.17) is 5.11 Å². The zero-order chi connectivity index (χ0) is 9.84. The Morgan fingerprint density at radius 2 is 2.15 bits per heavy atom. The molecular weight excluding hydrogens is 235 g/mol. The zero-order valence-corrected chi connectivity index (χ0v) is 9.01. The molecule has 0 bridgehead atoms. The minimum atomic E-state index is -0.331. The van der Waals surface area contributed by atoms with E-state index in [1.165, 1.54) is 12.1 Å². The van der Waals surface area contributed by atoms with Crippen LogP contribution in [0.3, 0.4) is 0 Å². The van der Waals surface area contributed by atoms with Gasteiger partial charge in [0.1, 0.15) is 5.82 Å². The van der Waals surface area contributed by atoms with Crippen molar-refractivity contribution < 1.29 is 9.50 Å². The molecule has 1 atom stereocenters. The maximum absolute atomic E-state index is 12.9. The average Bonchev–Trinajstić information content (AvgIpc) is 1.99. The van der Waals surface area contributed by atoms with Crippen LogP contribution >= 0.6 is 15.9 Å². The standard InChI is InChI=1S/C10H12BrFO/c1-7(13)2-3-8-4-9(11)6-10(12)5-8/h4-7,13H,2-3H2,1H3. The molecule has 13 heavy (non-hydrogen) atoms. The molecule has 3 heteroatoms. The number of rotatable bonds is 3. The van der Waals surface area contributed by atoms with E-state index in [1.54, 1.807) is 6.92 Å². The molecule has 0 aliphatic carbocycles. The Bertz CT molecular complexity index is 266. The first kappa shape index (κ1) is 10.7. The summed E-state index contributed by atoms with van der Waals surface area (Å²) in [6.07, 6.45) is 1.03. The van der Waals surface area contributed by atoms with Crippen LogP contribution in [0.2, 0.25) is 0 Å². The highest BCUT2D eigenvalue weighted by molar-refractivity contribution is 9.10. The van der Waals surface area contributed by atoms with Gasteiger partial charge in [0.2, 0.25) is 0 Å². The molecule has 1 aromatic carbocycles. The molecule has 0 aliphatic heterocycles. The minimum absolute atomic E-state index is 0.241. The maximum atomic E-state index is 12.9. The van der Waals surface area contributed by atoms with Gasteiger partial charge >= 0.3 is 0 Å². The van der Waals surface area contributed by atoms with Gasteiger partial charge in [-0.2, -0.15) is 0 Å². The van der Waals surface area contributed by atoms with Gasteiger partial charge < -0.3 is 5.11 Å². The third kappa shape index (κ3) is 3.87. The molecule has 0 radical (unpaired) electrons. The van der Waals surface area contributed by atoms with Crippen molar-refractivity contribution in [3.05, 3.63) is 34.1 Å². The van der Waals surface area contributed by atoms with Crippen LogP contribution in [0.1, 0.15) is 18.9 Å². The largest absolute Gasteiger partial charge is 0.393 e. The molecule has 1 nitrogen and oxygen atoms in total. The molecule has 0 fully saturated rings. The molecule has 72 valence electrons. The molecule has 0 heterocycles. The SMILES string of the molecule is CC(O)CCc1cc(F)cc(Br)c1. The fourth-order valence-electron chi connectivity index (χ4n) is 1.13. The second-order valence-electron chi connectivity index (χ2n) is 3.17. The van der Waals surface area contributed by atoms with Crippen molar-refractivity contribution in [3.63, 3.8) is 0 Å². The van der Waals surface area contributed by atoms with Gasteiger partial charge in [-0.1, -0.05) is 15.9 Å². The molecule has 0 aromatic heterocycles. The highest BCUT2D eigenvalue weighted by Crippen LogP contribution is 2.16. The van der Waals surface area contributed by atoms with Gasteiger partial charge in [0.15, 0.2) is 0 Å². The maximum Gasteiger partial charge on any atom is 0.124 e. The quantitative estimate of drug-likeness (QED) is 0.870. The molecule has 1 aromatic rings. The third-order valence-corrected chi connectivity index (χ3v) is 2.23. The number of aliphatic hydroxyl groups excluding tert-OH is 1. The lowest BCUT2D eigenvalue weighted by molar-refractivity contribution is 0.185. The van der Waals surface area contributed by atoms with Crippen LogP contribution in [-0.4, -0.2) is 11.2 Å². The van der Waals surface area contributed by atoms with Crippen molar-refractivity contribution >= 4 is 15.9 Å². The van der Waals surface area contributed by atoms with Gasteiger partial charge in [-0.05, 0) is 43.5 Å². The van der Waals surface area contributed by atoms with Crippen molar-refractivity contribution in [2.75, 3.05) is 0 Å². The van der Waals surface area contributed by atoms with Crippen LogP contribution < -0.4 is 0 Å². The summed E-state index contributed by atoms with van der Waals surface area (Å²) in [5.41, 5.74) is 0.910. The Morgan fingerprint density at radius 3 is 2.69 bits per heavy atom. The number of hydrogen-bond acceptors (Lipinski definition) is 1. The first-order valence-electron chi connectivity index (χ1n) is 4.21. The first-order valence-corrected chi connectivity index (χ1v) is 5.00. The van der Waals surface area contributed by atoms with E-state index in [2.05, 4.69) is 15.9 Å². The van der Waals surface area contributed by atoms with E-state index in [-0.39, 0.29) is 11.9 Å². The van der Waals surface area contributed by atoms with E-state index in [0.29, 0.717) is 12.8 Å². The molecule has 0 spiro atoms. The normalized spacial score (nSPS) is 12.9. The Morgan fingerprint density at radius 1 is 1.46 bits per heavy atom. The molecule has 1 unspecified atom stereocenters. The number of hydrogen-bond donors (Lipinski definition) is 1. The smallest absolute Gasteiger partial charge is 0.124 e. The van der Waals surface area contributed by atoms with Gasteiger partial charge in [0.05, 0.1) is 6.10 Å². The monoisotopic (exact) mass is 246 g/mol. The molecule has 0 aliphatic rings. The molecule has 0 saturated heterocycles. The number of benzene rings is 1. The number of halogens is 2. The van der Waals surface area contributed by atoms with E-state index in [1.807, 2.05) is 6.07 Å². The summed E-state index contributed by atoms with van der Waals surface area (Å²) >= 11 is 3.22. The summed E-state index contributed by atoms with van der Waals surface area (Å²) in [6.45, 7) is 1.73. The topological polar surface area (TPSA) is 20.2 Å². The van der Waals surface area contributed by atoms with Crippen molar-refractivity contribution in [3.8, 4) is 0 Å². The summed E-state index contributed by atoms with van der Waals surface area (Å²) in [5.74, 6) is -0.241. The lowest BCUT2D eigenvalue weighted by Gasteiger charge is -2.04. The fraction of sp³-hybridized carbons (Fsp3) is 0.400. The molecule has 0 amide bonds. The van der Waals surface area contributed by atoms with Gasteiger partial charge in [-0.25, -0.2) is 4.39 Å². The highest BCUT2D eigenvalue weighted by Gasteiger charge is 2.01. The van der Waals surface area contributed by atoms with E-state index >= 15 is 0 Å². The van der Waals surface area contributed by atoms with Crippen LogP contribution in [0, 0.1) is 5.82 Å². The molecule has 0 saturated carbocycles. The lowest BCUT2D eigenvalue weighted by atomic mass is 10.1. The lowest BCUT2D eigenvalue weighted by Crippen LogP contribution is -2.01.